The monoisotopic (exact) mass is 139 g/mol. The molecule has 0 N–H and O–H groups in total. The maximum atomic E-state index is 10.2. The van der Waals surface area contributed by atoms with Crippen molar-refractivity contribution in [1.29, 1.82) is 0 Å². The molecule has 0 atom stereocenters. The fourth-order valence-corrected chi connectivity index (χ4v) is 0.249. The summed E-state index contributed by atoms with van der Waals surface area (Å²) in [5.41, 5.74) is 0. The zero-order valence-corrected chi connectivity index (χ0v) is 8.65. The van der Waals surface area contributed by atoms with E-state index in [1.165, 1.54) is 6.92 Å². The molecule has 0 aliphatic carbocycles. The molecule has 41 valence electrons. The molecule has 2 nitrogen and oxygen atoms in total. The Morgan fingerprint density at radius 2 is 1.75 bits per heavy atom. The molecule has 0 amide bonds. The summed E-state index contributed by atoms with van der Waals surface area (Å²) >= 11 is 0. The van der Waals surface area contributed by atoms with Gasteiger partial charge in [-0.2, -0.15) is 0 Å². The molecule has 0 aliphatic rings. The molecule has 0 aromatic rings. The second-order valence-electron chi connectivity index (χ2n) is 1.33. The van der Waals surface area contributed by atoms with Gasteiger partial charge >= 0.3 is 0 Å². The molecule has 0 heterocycles. The van der Waals surface area contributed by atoms with Crippen LogP contribution >= 0.6 is 0 Å². The van der Waals surface area contributed by atoms with Gasteiger partial charge in [-0.15, -0.1) is 0 Å². The van der Waals surface area contributed by atoms with Gasteiger partial charge in [0, 0.05) is 64.7 Å². The molecule has 0 fully saturated rings. The van der Waals surface area contributed by atoms with Gasteiger partial charge in [-0.1, -0.05) is 6.92 Å². The minimum atomic E-state index is -0.345. The van der Waals surface area contributed by atoms with Crippen LogP contribution in [0, 0.1) is 0 Å². The van der Waals surface area contributed by atoms with Crippen molar-refractivity contribution in [3.8, 4) is 0 Å². The van der Waals surface area contributed by atoms with Crippen LogP contribution in [-0.2, 0) is 9.59 Å². The largest absolute Gasteiger partial charge is 0.291 e. The molecule has 1 radical (unpaired) electrons. The Hall–Kier alpha value is 0.976. The van der Waals surface area contributed by atoms with Crippen molar-refractivity contribution >= 4 is 63.0 Å². The molecule has 0 aromatic heterocycles. The molecular formula is C5H8KO2. The normalized spacial score (nSPS) is 7.25. The van der Waals surface area contributed by atoms with E-state index in [-0.39, 0.29) is 63.0 Å². The first-order chi connectivity index (χ1) is 3.18. The standard InChI is InChI=1S/C5H8O2.K/c1-3-5(7)4(2)6;/h3H2,1-2H3;. The Morgan fingerprint density at radius 3 is 1.75 bits per heavy atom. The van der Waals surface area contributed by atoms with E-state index in [1.54, 1.807) is 6.92 Å². The molecule has 0 saturated carbocycles. The Labute approximate surface area is 91.4 Å². The summed E-state index contributed by atoms with van der Waals surface area (Å²) in [6, 6.07) is 0. The van der Waals surface area contributed by atoms with Gasteiger partial charge in [0.1, 0.15) is 0 Å². The van der Waals surface area contributed by atoms with Crippen molar-refractivity contribution in [2.24, 2.45) is 0 Å². The number of hydrogen-bond donors (Lipinski definition) is 0. The summed E-state index contributed by atoms with van der Waals surface area (Å²) in [7, 11) is 0. The quantitative estimate of drug-likeness (QED) is 0.404. The fraction of sp³-hybridized carbons (Fsp3) is 0.600. The van der Waals surface area contributed by atoms with Crippen LogP contribution < -0.4 is 0 Å². The Kier molecular flexibility index (Phi) is 8.95. The Balaban J connectivity index is 0. The van der Waals surface area contributed by atoms with Crippen LogP contribution in [0.1, 0.15) is 20.3 Å². The van der Waals surface area contributed by atoms with Gasteiger partial charge in [0.25, 0.3) is 0 Å². The summed E-state index contributed by atoms with van der Waals surface area (Å²) < 4.78 is 0. The second-order valence-corrected chi connectivity index (χ2v) is 1.33. The number of ketones is 2. The Bertz CT molecular complexity index is 98.6. The molecule has 0 rings (SSSR count). The molecule has 0 saturated heterocycles. The molecule has 8 heavy (non-hydrogen) atoms. The van der Waals surface area contributed by atoms with Crippen molar-refractivity contribution in [2.45, 2.75) is 20.3 Å². The maximum absolute atomic E-state index is 10.2. The van der Waals surface area contributed by atoms with Crippen LogP contribution in [-0.4, -0.2) is 63.0 Å². The molecular weight excluding hydrogens is 131 g/mol. The van der Waals surface area contributed by atoms with E-state index in [4.69, 9.17) is 0 Å². The molecule has 0 bridgehead atoms. The van der Waals surface area contributed by atoms with Crippen molar-refractivity contribution in [3.05, 3.63) is 0 Å². The molecule has 3 heteroatoms. The van der Waals surface area contributed by atoms with Crippen LogP contribution in [0.2, 0.25) is 0 Å². The van der Waals surface area contributed by atoms with Gasteiger partial charge in [0.05, 0.1) is 0 Å². The van der Waals surface area contributed by atoms with Gasteiger partial charge in [0.2, 0.25) is 0 Å². The minimum absolute atomic E-state index is 0. The first kappa shape index (κ1) is 11.7. The smallest absolute Gasteiger partial charge is 0.197 e. The molecule has 0 spiro atoms. The van der Waals surface area contributed by atoms with Crippen LogP contribution in [0.25, 0.3) is 0 Å². The zero-order chi connectivity index (χ0) is 5.86. The number of carbonyl (C=O) groups excluding carboxylic acids is 2. The van der Waals surface area contributed by atoms with Gasteiger partial charge in [-0.05, 0) is 0 Å². The first-order valence-corrected chi connectivity index (χ1v) is 2.22. The van der Waals surface area contributed by atoms with E-state index in [0.29, 0.717) is 6.42 Å². The Morgan fingerprint density at radius 1 is 1.38 bits per heavy atom. The molecule has 0 aliphatic heterocycles. The predicted molar refractivity (Wildman–Crippen MR) is 31.7 cm³/mol. The van der Waals surface area contributed by atoms with Crippen molar-refractivity contribution in [1.82, 2.24) is 0 Å². The van der Waals surface area contributed by atoms with Crippen LogP contribution in [0.5, 0.6) is 0 Å². The topological polar surface area (TPSA) is 34.1 Å². The van der Waals surface area contributed by atoms with E-state index < -0.39 is 0 Å². The van der Waals surface area contributed by atoms with Gasteiger partial charge in [-0.25, -0.2) is 0 Å². The van der Waals surface area contributed by atoms with Crippen LogP contribution in [0.15, 0.2) is 0 Å². The van der Waals surface area contributed by atoms with Gasteiger partial charge < -0.3 is 0 Å². The predicted octanol–water partition coefficient (Wildman–Crippen LogP) is 0.174. The third-order valence-corrected chi connectivity index (χ3v) is 0.714. The third kappa shape index (κ3) is 5.12. The average molecular weight is 139 g/mol. The van der Waals surface area contributed by atoms with Crippen molar-refractivity contribution < 1.29 is 9.59 Å². The van der Waals surface area contributed by atoms with Gasteiger partial charge in [-0.3, -0.25) is 9.59 Å². The maximum Gasteiger partial charge on any atom is 0.197 e. The number of carbonyl (C=O) groups is 2. The summed E-state index contributed by atoms with van der Waals surface area (Å²) in [6.45, 7) is 2.95. The SMILES string of the molecule is CCC(=O)C(C)=O.[K]. The number of Topliss-reactive ketones (excluding diaryl/α,β-unsaturated/α-hetero) is 2. The number of hydrogen-bond acceptors (Lipinski definition) is 2. The first-order valence-electron chi connectivity index (χ1n) is 2.22. The van der Waals surface area contributed by atoms with E-state index >= 15 is 0 Å². The number of rotatable bonds is 2. The van der Waals surface area contributed by atoms with Gasteiger partial charge in [0.15, 0.2) is 11.6 Å². The van der Waals surface area contributed by atoms with E-state index in [2.05, 4.69) is 0 Å². The molecule has 0 aromatic carbocycles. The van der Waals surface area contributed by atoms with E-state index in [0.717, 1.165) is 0 Å². The summed E-state index contributed by atoms with van der Waals surface area (Å²) in [4.78, 5) is 20.2. The molecule has 0 unspecified atom stereocenters. The van der Waals surface area contributed by atoms with Crippen LogP contribution in [0.4, 0.5) is 0 Å². The van der Waals surface area contributed by atoms with Crippen LogP contribution in [0.3, 0.4) is 0 Å². The van der Waals surface area contributed by atoms with E-state index in [9.17, 15) is 9.59 Å². The summed E-state index contributed by atoms with van der Waals surface area (Å²) in [5.74, 6) is -0.637. The summed E-state index contributed by atoms with van der Waals surface area (Å²) in [5, 5.41) is 0. The zero-order valence-electron chi connectivity index (χ0n) is 5.52. The fourth-order valence-electron chi connectivity index (χ4n) is 0.249. The average Bonchev–Trinajstić information content (AvgIpc) is 1.65. The minimum Gasteiger partial charge on any atom is -0.291 e. The second kappa shape index (κ2) is 6.10. The van der Waals surface area contributed by atoms with Crippen molar-refractivity contribution in [3.63, 3.8) is 0 Å². The third-order valence-electron chi connectivity index (χ3n) is 0.714. The van der Waals surface area contributed by atoms with Crippen molar-refractivity contribution in [2.75, 3.05) is 0 Å². The van der Waals surface area contributed by atoms with E-state index in [1.807, 2.05) is 0 Å². The summed E-state index contributed by atoms with van der Waals surface area (Å²) in [6.07, 6.45) is 0.329.